The summed E-state index contributed by atoms with van der Waals surface area (Å²) in [4.78, 5) is 26.2. The van der Waals surface area contributed by atoms with Crippen molar-refractivity contribution in [3.63, 3.8) is 0 Å². The molecule has 0 saturated heterocycles. The zero-order valence-electron chi connectivity index (χ0n) is 17.8. The first-order chi connectivity index (χ1) is 13.0. The molecule has 0 aliphatic heterocycles. The third kappa shape index (κ3) is 13.6. The maximum atomic E-state index is 12.2. The average molecular weight is 386 g/mol. The first-order valence-electron chi connectivity index (χ1n) is 10.7. The van der Waals surface area contributed by atoms with Gasteiger partial charge >= 0.3 is 0 Å². The molecule has 0 spiro atoms. The number of hydrogen-bond donors (Lipinski definition) is 4. The summed E-state index contributed by atoms with van der Waals surface area (Å²) in [5, 5.41) is 5.80. The predicted molar refractivity (Wildman–Crippen MR) is 112 cm³/mol. The van der Waals surface area contributed by atoms with E-state index in [9.17, 15) is 9.59 Å². The van der Waals surface area contributed by atoms with Crippen LogP contribution in [-0.4, -0.2) is 62.5 Å². The van der Waals surface area contributed by atoms with Crippen molar-refractivity contribution >= 4 is 11.8 Å². The molecule has 0 aromatic carbocycles. The summed E-state index contributed by atoms with van der Waals surface area (Å²) in [6.07, 6.45) is 6.95. The van der Waals surface area contributed by atoms with Crippen molar-refractivity contribution in [3.8, 4) is 0 Å². The molecule has 7 heteroatoms. The van der Waals surface area contributed by atoms with Gasteiger partial charge in [-0.1, -0.05) is 20.3 Å². The van der Waals surface area contributed by atoms with E-state index in [4.69, 9.17) is 11.5 Å². The summed E-state index contributed by atoms with van der Waals surface area (Å²) in [5.74, 6) is 0.122. The monoisotopic (exact) mass is 385 g/mol. The van der Waals surface area contributed by atoms with Crippen molar-refractivity contribution < 1.29 is 9.59 Å². The molecule has 2 amide bonds. The van der Waals surface area contributed by atoms with Crippen LogP contribution >= 0.6 is 0 Å². The Morgan fingerprint density at radius 3 is 2.41 bits per heavy atom. The van der Waals surface area contributed by atoms with Crippen LogP contribution in [0.5, 0.6) is 0 Å². The molecule has 1 aliphatic carbocycles. The largest absolute Gasteiger partial charge is 0.356 e. The minimum atomic E-state index is -0.00667. The highest BCUT2D eigenvalue weighted by atomic mass is 16.2. The molecule has 7 nitrogen and oxygen atoms in total. The molecular formula is C20H43N5O2. The van der Waals surface area contributed by atoms with Gasteiger partial charge in [0.25, 0.3) is 0 Å². The SMILES string of the molecule is CC.CN(CCCN)CCCNC(=O)CCNC(=O)C1CCCC(N)CC1. The highest BCUT2D eigenvalue weighted by molar-refractivity contribution is 5.80. The average Bonchev–Trinajstić information content (AvgIpc) is 2.89. The minimum absolute atomic E-state index is 0.00667. The number of nitrogens with zero attached hydrogens (tertiary/aromatic N) is 1. The van der Waals surface area contributed by atoms with Crippen molar-refractivity contribution in [1.82, 2.24) is 15.5 Å². The van der Waals surface area contributed by atoms with Crippen molar-refractivity contribution in [2.45, 2.75) is 71.3 Å². The molecule has 1 rings (SSSR count). The topological polar surface area (TPSA) is 113 Å². The fourth-order valence-electron chi connectivity index (χ4n) is 3.17. The Kier molecular flexibility index (Phi) is 16.2. The van der Waals surface area contributed by atoms with E-state index in [1.54, 1.807) is 0 Å². The van der Waals surface area contributed by atoms with E-state index in [-0.39, 0.29) is 23.8 Å². The molecule has 160 valence electrons. The molecule has 6 N–H and O–H groups in total. The lowest BCUT2D eigenvalue weighted by Gasteiger charge is -2.16. The molecule has 1 fully saturated rings. The van der Waals surface area contributed by atoms with Gasteiger partial charge in [-0.3, -0.25) is 9.59 Å². The lowest BCUT2D eigenvalue weighted by atomic mass is 9.99. The number of nitrogens with two attached hydrogens (primary N) is 2. The van der Waals surface area contributed by atoms with Crippen LogP contribution in [0.2, 0.25) is 0 Å². The van der Waals surface area contributed by atoms with Crippen LogP contribution in [0.15, 0.2) is 0 Å². The lowest BCUT2D eigenvalue weighted by Crippen LogP contribution is -2.35. The quantitative estimate of drug-likeness (QED) is 0.315. The molecule has 0 aromatic rings. The van der Waals surface area contributed by atoms with Gasteiger partial charge in [0.15, 0.2) is 0 Å². The fourth-order valence-corrected chi connectivity index (χ4v) is 3.17. The Labute approximate surface area is 166 Å². The van der Waals surface area contributed by atoms with E-state index in [0.29, 0.717) is 26.1 Å². The Morgan fingerprint density at radius 2 is 1.70 bits per heavy atom. The molecule has 27 heavy (non-hydrogen) atoms. The number of amides is 2. The van der Waals surface area contributed by atoms with Crippen LogP contribution in [0.1, 0.15) is 65.2 Å². The summed E-state index contributed by atoms with van der Waals surface area (Å²) >= 11 is 0. The van der Waals surface area contributed by atoms with Crippen LogP contribution in [-0.2, 0) is 9.59 Å². The summed E-state index contributed by atoms with van der Waals surface area (Å²) in [5.41, 5.74) is 11.4. The number of hydrogen-bond acceptors (Lipinski definition) is 5. The van der Waals surface area contributed by atoms with Crippen molar-refractivity contribution in [1.29, 1.82) is 0 Å². The van der Waals surface area contributed by atoms with Gasteiger partial charge in [-0.2, -0.15) is 0 Å². The summed E-state index contributed by atoms with van der Waals surface area (Å²) in [6.45, 7) is 7.72. The van der Waals surface area contributed by atoms with Gasteiger partial charge < -0.3 is 27.0 Å². The first-order valence-corrected chi connectivity index (χ1v) is 10.7. The van der Waals surface area contributed by atoms with Gasteiger partial charge in [0.2, 0.25) is 11.8 Å². The van der Waals surface area contributed by atoms with Crippen LogP contribution in [0, 0.1) is 5.92 Å². The minimum Gasteiger partial charge on any atom is -0.356 e. The molecule has 0 bridgehead atoms. The van der Waals surface area contributed by atoms with Crippen LogP contribution < -0.4 is 22.1 Å². The number of carbonyl (C=O) groups excluding carboxylic acids is 2. The molecule has 0 heterocycles. The van der Waals surface area contributed by atoms with Crippen LogP contribution in [0.4, 0.5) is 0 Å². The normalized spacial score (nSPS) is 19.6. The van der Waals surface area contributed by atoms with Gasteiger partial charge in [0.1, 0.15) is 0 Å². The Morgan fingerprint density at radius 1 is 1.00 bits per heavy atom. The molecule has 2 atom stereocenters. The second kappa shape index (κ2) is 17.0. The van der Waals surface area contributed by atoms with Gasteiger partial charge in [-0.05, 0) is 65.2 Å². The third-order valence-electron chi connectivity index (χ3n) is 4.82. The van der Waals surface area contributed by atoms with Gasteiger partial charge in [0, 0.05) is 31.5 Å². The number of rotatable bonds is 11. The van der Waals surface area contributed by atoms with E-state index >= 15 is 0 Å². The molecule has 0 aromatic heterocycles. The standard InChI is InChI=1S/C18H37N5O2.C2H6/c1-23(13-3-10-19)14-4-11-21-17(24)9-12-22-18(25)15-5-2-6-16(20)8-7-15;1-2/h15-16H,2-14,19-20H2,1H3,(H,21,24)(H,22,25);1-2H3. The first kappa shape index (κ1) is 25.8. The molecule has 0 radical (unpaired) electrons. The van der Waals surface area contributed by atoms with E-state index in [0.717, 1.165) is 58.0 Å². The van der Waals surface area contributed by atoms with E-state index in [1.807, 2.05) is 13.8 Å². The maximum absolute atomic E-state index is 12.2. The zero-order chi connectivity index (χ0) is 20.5. The highest BCUT2D eigenvalue weighted by Crippen LogP contribution is 2.22. The molecular weight excluding hydrogens is 342 g/mol. The molecule has 1 saturated carbocycles. The summed E-state index contributed by atoms with van der Waals surface area (Å²) in [6, 6.07) is 0.234. The highest BCUT2D eigenvalue weighted by Gasteiger charge is 2.22. The van der Waals surface area contributed by atoms with Gasteiger partial charge in [0.05, 0.1) is 0 Å². The Balaban J connectivity index is 0.00000326. The van der Waals surface area contributed by atoms with Crippen molar-refractivity contribution in [3.05, 3.63) is 0 Å². The van der Waals surface area contributed by atoms with Gasteiger partial charge in [-0.25, -0.2) is 0 Å². The second-order valence-electron chi connectivity index (χ2n) is 7.16. The number of nitrogens with one attached hydrogen (secondary N) is 2. The maximum Gasteiger partial charge on any atom is 0.223 e. The van der Waals surface area contributed by atoms with Gasteiger partial charge in [-0.15, -0.1) is 0 Å². The van der Waals surface area contributed by atoms with Crippen LogP contribution in [0.25, 0.3) is 0 Å². The van der Waals surface area contributed by atoms with Crippen LogP contribution in [0.3, 0.4) is 0 Å². The van der Waals surface area contributed by atoms with Crippen molar-refractivity contribution in [2.24, 2.45) is 17.4 Å². The predicted octanol–water partition coefficient (Wildman–Crippen LogP) is 1.21. The Bertz CT molecular complexity index is 393. The molecule has 1 aliphatic rings. The Hall–Kier alpha value is -1.18. The summed E-state index contributed by atoms with van der Waals surface area (Å²) < 4.78 is 0. The zero-order valence-corrected chi connectivity index (χ0v) is 17.8. The smallest absolute Gasteiger partial charge is 0.223 e. The fraction of sp³-hybridized carbons (Fsp3) is 0.900. The van der Waals surface area contributed by atoms with E-state index in [1.165, 1.54) is 0 Å². The van der Waals surface area contributed by atoms with E-state index < -0.39 is 0 Å². The lowest BCUT2D eigenvalue weighted by molar-refractivity contribution is -0.125. The third-order valence-corrected chi connectivity index (χ3v) is 4.82. The van der Waals surface area contributed by atoms with Crippen molar-refractivity contribution in [2.75, 3.05) is 39.8 Å². The van der Waals surface area contributed by atoms with E-state index in [2.05, 4.69) is 22.6 Å². The number of carbonyl (C=O) groups is 2. The second-order valence-corrected chi connectivity index (χ2v) is 7.16. The summed E-state index contributed by atoms with van der Waals surface area (Å²) in [7, 11) is 2.06. The molecule has 2 unspecified atom stereocenters.